The van der Waals surface area contributed by atoms with E-state index in [-0.39, 0.29) is 6.61 Å². The topological polar surface area (TPSA) is 79.2 Å². The molecule has 3 N–H and O–H groups in total. The zero-order valence-corrected chi connectivity index (χ0v) is 8.09. The highest BCUT2D eigenvalue weighted by Gasteiger charge is 2.42. The third-order valence-corrected chi connectivity index (χ3v) is 2.53. The summed E-state index contributed by atoms with van der Waals surface area (Å²) >= 11 is 4.02. The molecule has 0 amide bonds. The molecule has 1 unspecified atom stereocenters. The minimum Gasteiger partial charge on any atom is -0.394 e. The van der Waals surface area contributed by atoms with E-state index in [1.165, 1.54) is 7.11 Å². The van der Waals surface area contributed by atoms with Gasteiger partial charge in [0.2, 0.25) is 0 Å². The Labute approximate surface area is 81.7 Å². The van der Waals surface area contributed by atoms with Gasteiger partial charge < -0.3 is 24.8 Å². The molecule has 0 bridgehead atoms. The smallest absolute Gasteiger partial charge is 0.129 e. The third-order valence-electron chi connectivity index (χ3n) is 2.11. The number of thiol groups is 1. The molecule has 1 heterocycles. The molecule has 0 aliphatic carbocycles. The zero-order valence-electron chi connectivity index (χ0n) is 7.20. The second kappa shape index (κ2) is 4.59. The van der Waals surface area contributed by atoms with Crippen molar-refractivity contribution in [1.82, 2.24) is 0 Å². The lowest BCUT2D eigenvalue weighted by atomic mass is 10.0. The van der Waals surface area contributed by atoms with Gasteiger partial charge in [-0.05, 0) is 0 Å². The van der Waals surface area contributed by atoms with Crippen LogP contribution in [0.25, 0.3) is 0 Å². The minimum absolute atomic E-state index is 0.355. The summed E-state index contributed by atoms with van der Waals surface area (Å²) in [6, 6.07) is 0. The van der Waals surface area contributed by atoms with E-state index >= 15 is 0 Å². The predicted molar refractivity (Wildman–Crippen MR) is 47.5 cm³/mol. The van der Waals surface area contributed by atoms with E-state index in [1.807, 2.05) is 0 Å². The van der Waals surface area contributed by atoms with Crippen molar-refractivity contribution in [3.05, 3.63) is 0 Å². The molecular formula is C7H14O5S. The molecule has 1 aliphatic heterocycles. The summed E-state index contributed by atoms with van der Waals surface area (Å²) in [5.74, 6) is 0. The van der Waals surface area contributed by atoms with Crippen LogP contribution in [0.4, 0.5) is 0 Å². The van der Waals surface area contributed by atoms with Crippen molar-refractivity contribution in [3.8, 4) is 0 Å². The summed E-state index contributed by atoms with van der Waals surface area (Å²) in [7, 11) is 1.40. The van der Waals surface area contributed by atoms with Crippen molar-refractivity contribution in [2.45, 2.75) is 29.9 Å². The van der Waals surface area contributed by atoms with Crippen LogP contribution in [0, 0.1) is 0 Å². The monoisotopic (exact) mass is 210 g/mol. The molecule has 1 aliphatic rings. The van der Waals surface area contributed by atoms with Gasteiger partial charge >= 0.3 is 0 Å². The van der Waals surface area contributed by atoms with Crippen LogP contribution in [0.5, 0.6) is 0 Å². The highest BCUT2D eigenvalue weighted by Crippen LogP contribution is 2.24. The fourth-order valence-electron chi connectivity index (χ4n) is 1.33. The number of aliphatic hydroxyl groups is 3. The second-order valence-corrected chi connectivity index (χ2v) is 3.44. The number of hydrogen-bond acceptors (Lipinski definition) is 6. The van der Waals surface area contributed by atoms with Crippen molar-refractivity contribution in [2.75, 3.05) is 13.7 Å². The summed E-state index contributed by atoms with van der Waals surface area (Å²) in [6.07, 6.45) is -3.71. The largest absolute Gasteiger partial charge is 0.394 e. The van der Waals surface area contributed by atoms with Gasteiger partial charge in [0.25, 0.3) is 0 Å². The quantitative estimate of drug-likeness (QED) is 0.412. The molecule has 1 rings (SSSR count). The van der Waals surface area contributed by atoms with Crippen molar-refractivity contribution >= 4 is 12.6 Å². The average Bonchev–Trinajstić information content (AvgIpc) is 2.12. The molecule has 0 saturated carbocycles. The van der Waals surface area contributed by atoms with Crippen LogP contribution in [0.3, 0.4) is 0 Å². The van der Waals surface area contributed by atoms with Gasteiger partial charge in [0.1, 0.15) is 29.9 Å². The fraction of sp³-hybridized carbons (Fsp3) is 1.00. The van der Waals surface area contributed by atoms with Gasteiger partial charge in [-0.25, -0.2) is 0 Å². The normalized spacial score (nSPS) is 46.4. The van der Waals surface area contributed by atoms with E-state index in [9.17, 15) is 10.2 Å². The molecule has 0 radical (unpaired) electrons. The first-order chi connectivity index (χ1) is 6.11. The average molecular weight is 210 g/mol. The highest BCUT2D eigenvalue weighted by molar-refractivity contribution is 7.80. The lowest BCUT2D eigenvalue weighted by Gasteiger charge is -2.39. The predicted octanol–water partition coefficient (Wildman–Crippen LogP) is -1.63. The van der Waals surface area contributed by atoms with Crippen molar-refractivity contribution in [1.29, 1.82) is 0 Å². The number of methoxy groups -OCH3 is 1. The maximum atomic E-state index is 9.49. The molecule has 0 aromatic rings. The van der Waals surface area contributed by atoms with E-state index in [4.69, 9.17) is 14.6 Å². The highest BCUT2D eigenvalue weighted by atomic mass is 32.1. The van der Waals surface area contributed by atoms with Crippen LogP contribution in [-0.2, 0) is 9.47 Å². The van der Waals surface area contributed by atoms with Gasteiger partial charge in [-0.1, -0.05) is 0 Å². The Hall–Kier alpha value is 0.150. The van der Waals surface area contributed by atoms with E-state index < -0.39 is 29.9 Å². The molecule has 78 valence electrons. The zero-order chi connectivity index (χ0) is 10.0. The number of aliphatic hydroxyl groups excluding tert-OH is 3. The van der Waals surface area contributed by atoms with E-state index in [0.29, 0.717) is 0 Å². The lowest BCUT2D eigenvalue weighted by Crippen LogP contribution is -2.57. The molecule has 1 fully saturated rings. The number of ether oxygens (including phenoxy) is 2. The number of hydrogen-bond donors (Lipinski definition) is 4. The molecule has 6 heteroatoms. The molecule has 0 spiro atoms. The van der Waals surface area contributed by atoms with Crippen LogP contribution in [0.2, 0.25) is 0 Å². The fourth-order valence-corrected chi connectivity index (χ4v) is 1.78. The van der Waals surface area contributed by atoms with E-state index in [2.05, 4.69) is 12.6 Å². The SMILES string of the molecule is CO[C@H]1C(S)O[C@H](CO)[C@H](O)[C@@H]1O. The first-order valence-electron chi connectivity index (χ1n) is 3.95. The maximum Gasteiger partial charge on any atom is 0.129 e. The molecule has 5 nitrogen and oxygen atoms in total. The molecule has 0 aromatic heterocycles. The van der Waals surface area contributed by atoms with Crippen LogP contribution in [0.1, 0.15) is 0 Å². The van der Waals surface area contributed by atoms with Gasteiger partial charge in [-0.2, -0.15) is 0 Å². The Bertz CT molecular complexity index is 167. The molecular weight excluding hydrogens is 196 g/mol. The standard InChI is InChI=1S/C7H14O5S/c1-11-6-5(10)4(9)3(2-8)12-7(6)13/h3-10,13H,2H2,1H3/t3-,4+,5+,6-,7?/m1/s1. The van der Waals surface area contributed by atoms with Crippen molar-refractivity contribution < 1.29 is 24.8 Å². The molecule has 1 saturated heterocycles. The summed E-state index contributed by atoms with van der Waals surface area (Å²) in [4.78, 5) is 0. The van der Waals surface area contributed by atoms with Crippen molar-refractivity contribution in [2.24, 2.45) is 0 Å². The van der Waals surface area contributed by atoms with E-state index in [0.717, 1.165) is 0 Å². The van der Waals surface area contributed by atoms with Gasteiger partial charge in [0, 0.05) is 7.11 Å². The molecule has 13 heavy (non-hydrogen) atoms. The lowest BCUT2D eigenvalue weighted by molar-refractivity contribution is -0.212. The third kappa shape index (κ3) is 2.15. The Kier molecular flexibility index (Phi) is 3.96. The van der Waals surface area contributed by atoms with Crippen LogP contribution >= 0.6 is 12.6 Å². The summed E-state index contributed by atoms with van der Waals surface area (Å²) in [5.41, 5.74) is -0.638. The first kappa shape index (κ1) is 11.2. The van der Waals surface area contributed by atoms with Crippen LogP contribution in [-0.4, -0.2) is 58.9 Å². The number of rotatable bonds is 2. The van der Waals surface area contributed by atoms with Crippen LogP contribution in [0.15, 0.2) is 0 Å². The van der Waals surface area contributed by atoms with Crippen molar-refractivity contribution in [3.63, 3.8) is 0 Å². The Morgan fingerprint density at radius 3 is 2.46 bits per heavy atom. The Morgan fingerprint density at radius 1 is 1.38 bits per heavy atom. The van der Waals surface area contributed by atoms with Gasteiger partial charge in [0.15, 0.2) is 0 Å². The summed E-state index contributed by atoms with van der Waals surface area (Å²) in [6.45, 7) is -0.355. The van der Waals surface area contributed by atoms with E-state index in [1.54, 1.807) is 0 Å². The van der Waals surface area contributed by atoms with Crippen LogP contribution < -0.4 is 0 Å². The summed E-state index contributed by atoms with van der Waals surface area (Å²) in [5, 5.41) is 27.7. The van der Waals surface area contributed by atoms with Gasteiger partial charge in [-0.3, -0.25) is 0 Å². The maximum absolute atomic E-state index is 9.49. The Morgan fingerprint density at radius 2 is 2.00 bits per heavy atom. The molecule has 0 aromatic carbocycles. The second-order valence-electron chi connectivity index (χ2n) is 2.93. The minimum atomic E-state index is -1.14. The molecule has 5 atom stereocenters. The van der Waals surface area contributed by atoms with Gasteiger partial charge in [0.05, 0.1) is 6.61 Å². The first-order valence-corrected chi connectivity index (χ1v) is 4.46. The van der Waals surface area contributed by atoms with Gasteiger partial charge in [-0.15, -0.1) is 12.6 Å². The summed E-state index contributed by atoms with van der Waals surface area (Å²) < 4.78 is 9.99. The Balaban J connectivity index is 2.66.